The zero-order valence-electron chi connectivity index (χ0n) is 19.4. The number of hydrogen-bond acceptors (Lipinski definition) is 3. The van der Waals surface area contributed by atoms with Crippen LogP contribution in [-0.2, 0) is 17.8 Å². The van der Waals surface area contributed by atoms with E-state index in [9.17, 15) is 9.59 Å². The molecule has 0 radical (unpaired) electrons. The van der Waals surface area contributed by atoms with Crippen LogP contribution in [-0.4, -0.2) is 11.8 Å². The zero-order chi connectivity index (χ0) is 23.9. The maximum Gasteiger partial charge on any atom is 0.294 e. The summed E-state index contributed by atoms with van der Waals surface area (Å²) in [5, 5.41) is 3.05. The highest BCUT2D eigenvalue weighted by Gasteiger charge is 2.21. The normalized spacial score (nSPS) is 11.6. The molecular weight excluding hydrogens is 424 g/mol. The fourth-order valence-electron chi connectivity index (χ4n) is 3.83. The second-order valence-electron chi connectivity index (χ2n) is 8.40. The summed E-state index contributed by atoms with van der Waals surface area (Å²) in [7, 11) is 0. The highest BCUT2D eigenvalue weighted by Crippen LogP contribution is 2.23. The summed E-state index contributed by atoms with van der Waals surface area (Å²) in [5.74, 6) is -0.0345. The van der Waals surface area contributed by atoms with E-state index >= 15 is 0 Å². The van der Waals surface area contributed by atoms with Gasteiger partial charge < -0.3 is 14.6 Å². The maximum absolute atomic E-state index is 13.3. The summed E-state index contributed by atoms with van der Waals surface area (Å²) in [6, 6.07) is 28.8. The summed E-state index contributed by atoms with van der Waals surface area (Å²) in [4.78, 5) is 27.7. The van der Waals surface area contributed by atoms with Crippen LogP contribution in [0.15, 0.2) is 102 Å². The number of amides is 2. The Kier molecular flexibility index (Phi) is 7.23. The van der Waals surface area contributed by atoms with E-state index in [1.54, 1.807) is 17.0 Å². The number of anilines is 1. The molecule has 5 nitrogen and oxygen atoms in total. The van der Waals surface area contributed by atoms with Crippen LogP contribution in [0.3, 0.4) is 0 Å². The quantitative estimate of drug-likeness (QED) is 0.364. The molecule has 0 saturated carbocycles. The van der Waals surface area contributed by atoms with Crippen molar-refractivity contribution in [3.05, 3.63) is 125 Å². The summed E-state index contributed by atoms with van der Waals surface area (Å²) in [5.41, 5.74) is 4.76. The van der Waals surface area contributed by atoms with Gasteiger partial charge in [-0.3, -0.25) is 9.59 Å². The number of nitrogens with one attached hydrogen (secondary N) is 1. The molecule has 4 rings (SSSR count). The average Bonchev–Trinajstić information content (AvgIpc) is 3.39. The molecule has 0 aliphatic rings. The number of nitrogens with zero attached hydrogens (tertiary/aromatic N) is 1. The van der Waals surface area contributed by atoms with Crippen molar-refractivity contribution in [2.24, 2.45) is 0 Å². The van der Waals surface area contributed by atoms with Crippen molar-refractivity contribution in [3.63, 3.8) is 0 Å². The van der Waals surface area contributed by atoms with Crippen molar-refractivity contribution < 1.29 is 14.0 Å². The van der Waals surface area contributed by atoms with Gasteiger partial charge in [0.1, 0.15) is 0 Å². The van der Waals surface area contributed by atoms with E-state index in [0.717, 1.165) is 22.3 Å². The fourth-order valence-corrected chi connectivity index (χ4v) is 3.83. The number of carbonyl (C=O) groups is 2. The number of rotatable bonds is 8. The number of furan rings is 1. The highest BCUT2D eigenvalue weighted by atomic mass is 16.3. The summed E-state index contributed by atoms with van der Waals surface area (Å²) in [6.07, 6.45) is 1.71. The minimum atomic E-state index is -0.232. The molecule has 5 heteroatoms. The largest absolute Gasteiger partial charge is 0.459 e. The Morgan fingerprint density at radius 1 is 0.882 bits per heavy atom. The van der Waals surface area contributed by atoms with Gasteiger partial charge in [0.25, 0.3) is 5.91 Å². The smallest absolute Gasteiger partial charge is 0.294 e. The molecule has 1 atom stereocenters. The van der Waals surface area contributed by atoms with Gasteiger partial charge in [-0.05, 0) is 54.8 Å². The predicted octanol–water partition coefficient (Wildman–Crippen LogP) is 5.85. The Hall–Kier alpha value is -4.12. The van der Waals surface area contributed by atoms with Gasteiger partial charge in [0.15, 0.2) is 5.76 Å². The molecule has 1 aromatic heterocycles. The van der Waals surface area contributed by atoms with Crippen LogP contribution < -0.4 is 10.2 Å². The van der Waals surface area contributed by atoms with E-state index in [1.165, 1.54) is 6.26 Å². The van der Waals surface area contributed by atoms with Crippen LogP contribution in [0.2, 0.25) is 0 Å². The van der Waals surface area contributed by atoms with Gasteiger partial charge in [-0.2, -0.15) is 0 Å². The van der Waals surface area contributed by atoms with E-state index in [2.05, 4.69) is 5.32 Å². The molecule has 34 heavy (non-hydrogen) atoms. The molecular formula is C29H28N2O3. The summed E-state index contributed by atoms with van der Waals surface area (Å²) < 4.78 is 5.38. The molecule has 0 saturated heterocycles. The first-order chi connectivity index (χ1) is 16.5. The SMILES string of the molecule is Cc1ccc(CN(C(=O)c2ccco2)c2cccc(CC(=O)NC(C)c3ccccc3)c2)cc1. The standard InChI is InChI=1S/C29H28N2O3/c1-21-13-15-23(16-14-21)20-31(29(33)27-12-7-17-34-27)26-11-6-8-24(18-26)19-28(32)30-22(2)25-9-4-3-5-10-25/h3-18,22H,19-20H2,1-2H3,(H,30,32). The van der Waals surface area contributed by atoms with Gasteiger partial charge in [-0.15, -0.1) is 0 Å². The van der Waals surface area contributed by atoms with Gasteiger partial charge in [0, 0.05) is 5.69 Å². The third kappa shape index (κ3) is 5.81. The molecule has 4 aromatic rings. The van der Waals surface area contributed by atoms with Gasteiger partial charge in [-0.1, -0.05) is 72.3 Å². The first-order valence-electron chi connectivity index (χ1n) is 11.3. The molecule has 0 aliphatic carbocycles. The topological polar surface area (TPSA) is 62.6 Å². The van der Waals surface area contributed by atoms with Crippen molar-refractivity contribution in [1.82, 2.24) is 5.32 Å². The lowest BCUT2D eigenvalue weighted by atomic mass is 10.1. The van der Waals surface area contributed by atoms with Crippen LogP contribution >= 0.6 is 0 Å². The molecule has 0 spiro atoms. The van der Waals surface area contributed by atoms with Crippen molar-refractivity contribution in [3.8, 4) is 0 Å². The first kappa shape index (κ1) is 23.1. The Labute approximate surface area is 200 Å². The van der Waals surface area contributed by atoms with Crippen LogP contribution in [0.25, 0.3) is 0 Å². The van der Waals surface area contributed by atoms with E-state index in [4.69, 9.17) is 4.42 Å². The first-order valence-corrected chi connectivity index (χ1v) is 11.3. The highest BCUT2D eigenvalue weighted by molar-refractivity contribution is 6.04. The lowest BCUT2D eigenvalue weighted by molar-refractivity contribution is -0.121. The Morgan fingerprint density at radius 3 is 2.35 bits per heavy atom. The Balaban J connectivity index is 1.53. The van der Waals surface area contributed by atoms with Crippen LogP contribution in [0.1, 0.15) is 45.8 Å². The van der Waals surface area contributed by atoms with E-state index in [0.29, 0.717) is 12.2 Å². The van der Waals surface area contributed by atoms with Crippen LogP contribution in [0.4, 0.5) is 5.69 Å². The summed E-state index contributed by atoms with van der Waals surface area (Å²) >= 11 is 0. The van der Waals surface area contributed by atoms with Gasteiger partial charge in [0.2, 0.25) is 5.91 Å². The molecule has 2 amide bonds. The van der Waals surface area contributed by atoms with Crippen molar-refractivity contribution >= 4 is 17.5 Å². The minimum absolute atomic E-state index is 0.0732. The number of aryl methyl sites for hydroxylation is 1. The van der Waals surface area contributed by atoms with Crippen LogP contribution in [0.5, 0.6) is 0 Å². The van der Waals surface area contributed by atoms with Crippen molar-refractivity contribution in [1.29, 1.82) is 0 Å². The number of hydrogen-bond donors (Lipinski definition) is 1. The van der Waals surface area contributed by atoms with Crippen molar-refractivity contribution in [2.75, 3.05) is 4.90 Å². The van der Waals surface area contributed by atoms with Gasteiger partial charge in [0.05, 0.1) is 25.3 Å². The average molecular weight is 453 g/mol. The number of carbonyl (C=O) groups excluding carboxylic acids is 2. The number of benzene rings is 3. The van der Waals surface area contributed by atoms with E-state index in [-0.39, 0.29) is 30.0 Å². The monoisotopic (exact) mass is 452 g/mol. The van der Waals surface area contributed by atoms with E-state index < -0.39 is 0 Å². The minimum Gasteiger partial charge on any atom is -0.459 e. The molecule has 172 valence electrons. The molecule has 1 unspecified atom stereocenters. The van der Waals surface area contributed by atoms with Crippen molar-refractivity contribution in [2.45, 2.75) is 32.9 Å². The third-order valence-electron chi connectivity index (χ3n) is 5.70. The lowest BCUT2D eigenvalue weighted by Gasteiger charge is -2.23. The summed E-state index contributed by atoms with van der Waals surface area (Å²) in [6.45, 7) is 4.39. The Morgan fingerprint density at radius 2 is 1.65 bits per heavy atom. The Bertz CT molecular complexity index is 1230. The molecule has 1 N–H and O–H groups in total. The second-order valence-corrected chi connectivity index (χ2v) is 8.40. The second kappa shape index (κ2) is 10.7. The lowest BCUT2D eigenvalue weighted by Crippen LogP contribution is -2.30. The molecule has 1 heterocycles. The van der Waals surface area contributed by atoms with E-state index in [1.807, 2.05) is 92.7 Å². The van der Waals surface area contributed by atoms with Gasteiger partial charge >= 0.3 is 0 Å². The zero-order valence-corrected chi connectivity index (χ0v) is 19.4. The predicted molar refractivity (Wildman–Crippen MR) is 134 cm³/mol. The maximum atomic E-state index is 13.3. The molecule has 0 aliphatic heterocycles. The van der Waals surface area contributed by atoms with Gasteiger partial charge in [-0.25, -0.2) is 0 Å². The third-order valence-corrected chi connectivity index (χ3v) is 5.70. The van der Waals surface area contributed by atoms with Crippen LogP contribution in [0, 0.1) is 6.92 Å². The molecule has 0 bridgehead atoms. The molecule has 3 aromatic carbocycles. The molecule has 0 fully saturated rings. The fraction of sp³-hybridized carbons (Fsp3) is 0.172.